The molecule has 4 rings (SSSR count). The molecular formula is C19H22FN3O4. The first-order valence-electron chi connectivity index (χ1n) is 9.32. The number of halogens is 1. The van der Waals surface area contributed by atoms with Gasteiger partial charge in [-0.3, -0.25) is 19.7 Å². The third-order valence-corrected chi connectivity index (χ3v) is 5.63. The molecule has 1 atom stereocenters. The molecule has 7 nitrogen and oxygen atoms in total. The molecule has 2 saturated heterocycles. The summed E-state index contributed by atoms with van der Waals surface area (Å²) < 4.78 is 20.7. The average Bonchev–Trinajstić information content (AvgIpc) is 2.64. The summed E-state index contributed by atoms with van der Waals surface area (Å²) in [6, 6.07) is 1.94. The highest BCUT2D eigenvalue weighted by Gasteiger charge is 2.38. The van der Waals surface area contributed by atoms with E-state index in [-0.39, 0.29) is 29.9 Å². The van der Waals surface area contributed by atoms with Crippen molar-refractivity contribution in [2.24, 2.45) is 0 Å². The van der Waals surface area contributed by atoms with E-state index in [9.17, 15) is 18.8 Å². The molecule has 0 unspecified atom stereocenters. The van der Waals surface area contributed by atoms with Crippen molar-refractivity contribution in [2.45, 2.75) is 50.2 Å². The van der Waals surface area contributed by atoms with Gasteiger partial charge in [-0.05, 0) is 62.9 Å². The molecule has 8 heteroatoms. The largest absolute Gasteiger partial charge is 0.487 e. The third-order valence-electron chi connectivity index (χ3n) is 5.63. The standard InChI is InChI=1S/C19H22FN3O4/c20-13-9-11-3-4-19(5-7-21-8-6-19)27-15(11)10-12(13)17(25)22-14-1-2-16(24)23-18(14)26/h9-10,14,21H,1-8H2,(H,22,25)(H,23,24,26)/t14-/m0/s1. The van der Waals surface area contributed by atoms with E-state index in [0.29, 0.717) is 12.2 Å². The number of benzene rings is 1. The van der Waals surface area contributed by atoms with Crippen LogP contribution in [0.15, 0.2) is 12.1 Å². The highest BCUT2D eigenvalue weighted by Crippen LogP contribution is 2.39. The molecule has 3 heterocycles. The molecule has 0 aromatic heterocycles. The number of imide groups is 1. The van der Waals surface area contributed by atoms with Crippen LogP contribution in [0.25, 0.3) is 0 Å². The van der Waals surface area contributed by atoms with Crippen LogP contribution in [0.4, 0.5) is 4.39 Å². The van der Waals surface area contributed by atoms with Gasteiger partial charge in [0.1, 0.15) is 23.2 Å². The number of amides is 3. The fourth-order valence-corrected chi connectivity index (χ4v) is 4.01. The molecule has 0 bridgehead atoms. The Bertz CT molecular complexity index is 804. The maximum atomic E-state index is 14.5. The summed E-state index contributed by atoms with van der Waals surface area (Å²) in [6.07, 6.45) is 3.64. The minimum absolute atomic E-state index is 0.142. The lowest BCUT2D eigenvalue weighted by Crippen LogP contribution is -2.52. The molecular weight excluding hydrogens is 353 g/mol. The maximum Gasteiger partial charge on any atom is 0.255 e. The zero-order valence-corrected chi connectivity index (χ0v) is 14.9. The predicted molar refractivity (Wildman–Crippen MR) is 93.8 cm³/mol. The molecule has 27 heavy (non-hydrogen) atoms. The molecule has 1 aromatic carbocycles. The molecule has 1 aromatic rings. The van der Waals surface area contributed by atoms with Crippen LogP contribution in [-0.4, -0.2) is 42.5 Å². The van der Waals surface area contributed by atoms with E-state index in [1.807, 2.05) is 0 Å². The zero-order valence-electron chi connectivity index (χ0n) is 14.9. The first-order chi connectivity index (χ1) is 13.0. The lowest BCUT2D eigenvalue weighted by molar-refractivity contribution is -0.134. The second-order valence-corrected chi connectivity index (χ2v) is 7.45. The van der Waals surface area contributed by atoms with Gasteiger partial charge >= 0.3 is 0 Å². The monoisotopic (exact) mass is 375 g/mol. The van der Waals surface area contributed by atoms with Crippen molar-refractivity contribution >= 4 is 17.7 Å². The lowest BCUT2D eigenvalue weighted by Gasteiger charge is -2.41. The fraction of sp³-hybridized carbons (Fsp3) is 0.526. The van der Waals surface area contributed by atoms with E-state index < -0.39 is 23.7 Å². The molecule has 144 valence electrons. The summed E-state index contributed by atoms with van der Waals surface area (Å²) in [7, 11) is 0. The fourth-order valence-electron chi connectivity index (χ4n) is 4.01. The van der Waals surface area contributed by atoms with Crippen LogP contribution in [0.1, 0.15) is 48.0 Å². The summed E-state index contributed by atoms with van der Waals surface area (Å²) in [4.78, 5) is 35.6. The van der Waals surface area contributed by atoms with Gasteiger partial charge in [-0.15, -0.1) is 0 Å². The Hall–Kier alpha value is -2.48. The second-order valence-electron chi connectivity index (χ2n) is 7.45. The van der Waals surface area contributed by atoms with E-state index in [2.05, 4.69) is 16.0 Å². The number of carbonyl (C=O) groups is 3. The quantitative estimate of drug-likeness (QED) is 0.665. The first-order valence-corrected chi connectivity index (χ1v) is 9.32. The van der Waals surface area contributed by atoms with Crippen molar-refractivity contribution in [3.05, 3.63) is 29.1 Å². The van der Waals surface area contributed by atoms with Gasteiger partial charge in [0.2, 0.25) is 11.8 Å². The van der Waals surface area contributed by atoms with Crippen molar-refractivity contribution in [3.8, 4) is 5.75 Å². The second kappa shape index (κ2) is 6.92. The highest BCUT2D eigenvalue weighted by atomic mass is 19.1. The topological polar surface area (TPSA) is 96.5 Å². The predicted octanol–water partition coefficient (Wildman–Crippen LogP) is 0.808. The molecule has 2 fully saturated rings. The van der Waals surface area contributed by atoms with Gasteiger partial charge in [0.25, 0.3) is 5.91 Å². The molecule has 1 spiro atoms. The molecule has 3 N–H and O–H groups in total. The SMILES string of the molecule is O=C1CC[C@H](NC(=O)c2cc3c(cc2F)CCC2(CCNCC2)O3)C(=O)N1. The van der Waals surface area contributed by atoms with E-state index in [4.69, 9.17) is 4.74 Å². The van der Waals surface area contributed by atoms with Crippen molar-refractivity contribution in [2.75, 3.05) is 13.1 Å². The Morgan fingerprint density at radius 2 is 1.96 bits per heavy atom. The summed E-state index contributed by atoms with van der Waals surface area (Å²) in [5.74, 6) is -1.71. The van der Waals surface area contributed by atoms with Gasteiger partial charge in [-0.2, -0.15) is 0 Å². The van der Waals surface area contributed by atoms with Crippen LogP contribution in [0.5, 0.6) is 5.75 Å². The van der Waals surface area contributed by atoms with Crippen LogP contribution < -0.4 is 20.7 Å². The van der Waals surface area contributed by atoms with Gasteiger partial charge in [-0.25, -0.2) is 4.39 Å². The maximum absolute atomic E-state index is 14.5. The van der Waals surface area contributed by atoms with E-state index >= 15 is 0 Å². The van der Waals surface area contributed by atoms with Gasteiger partial charge in [0.05, 0.1) is 5.56 Å². The lowest BCUT2D eigenvalue weighted by atomic mass is 9.83. The van der Waals surface area contributed by atoms with Crippen LogP contribution >= 0.6 is 0 Å². The van der Waals surface area contributed by atoms with Crippen LogP contribution in [0, 0.1) is 5.82 Å². The Kier molecular flexibility index (Phi) is 4.59. The molecule has 3 aliphatic heterocycles. The Balaban J connectivity index is 1.53. The summed E-state index contributed by atoms with van der Waals surface area (Å²) in [5.41, 5.74) is 0.353. The van der Waals surface area contributed by atoms with E-state index in [1.165, 1.54) is 12.1 Å². The van der Waals surface area contributed by atoms with E-state index in [0.717, 1.165) is 37.9 Å². The van der Waals surface area contributed by atoms with Gasteiger partial charge in [0, 0.05) is 6.42 Å². The number of piperidine rings is 2. The Morgan fingerprint density at radius 1 is 1.19 bits per heavy atom. The number of nitrogens with one attached hydrogen (secondary N) is 3. The third kappa shape index (κ3) is 3.53. The van der Waals surface area contributed by atoms with Crippen molar-refractivity contribution in [1.29, 1.82) is 0 Å². The number of ether oxygens (including phenoxy) is 1. The summed E-state index contributed by atoms with van der Waals surface area (Å²) in [6.45, 7) is 1.75. The molecule has 0 radical (unpaired) electrons. The van der Waals surface area contributed by atoms with E-state index in [1.54, 1.807) is 0 Å². The van der Waals surface area contributed by atoms with Gasteiger partial charge in [0.15, 0.2) is 0 Å². The number of carbonyl (C=O) groups excluding carboxylic acids is 3. The summed E-state index contributed by atoms with van der Waals surface area (Å²) >= 11 is 0. The molecule has 3 amide bonds. The number of rotatable bonds is 2. The highest BCUT2D eigenvalue weighted by molar-refractivity contribution is 6.04. The van der Waals surface area contributed by atoms with Crippen molar-refractivity contribution in [1.82, 2.24) is 16.0 Å². The smallest absolute Gasteiger partial charge is 0.255 e. The number of fused-ring (bicyclic) bond motifs is 1. The normalized spacial score (nSPS) is 24.0. The first kappa shape index (κ1) is 17.9. The Morgan fingerprint density at radius 3 is 2.70 bits per heavy atom. The van der Waals surface area contributed by atoms with Crippen molar-refractivity contribution < 1.29 is 23.5 Å². The molecule has 0 aliphatic carbocycles. The molecule has 0 saturated carbocycles. The van der Waals surface area contributed by atoms with Crippen LogP contribution in [0.3, 0.4) is 0 Å². The average molecular weight is 375 g/mol. The van der Waals surface area contributed by atoms with Crippen molar-refractivity contribution in [3.63, 3.8) is 0 Å². The number of hydrogen-bond acceptors (Lipinski definition) is 5. The summed E-state index contributed by atoms with van der Waals surface area (Å²) in [5, 5.41) is 7.99. The van der Waals surface area contributed by atoms with Gasteiger partial charge < -0.3 is 15.4 Å². The molecule has 3 aliphatic rings. The minimum atomic E-state index is -0.845. The van der Waals surface area contributed by atoms with Crippen LogP contribution in [0.2, 0.25) is 0 Å². The number of aryl methyl sites for hydroxylation is 1. The number of hydrogen-bond donors (Lipinski definition) is 3. The van der Waals surface area contributed by atoms with Crippen LogP contribution in [-0.2, 0) is 16.0 Å². The zero-order chi connectivity index (χ0) is 19.0. The minimum Gasteiger partial charge on any atom is -0.487 e. The van der Waals surface area contributed by atoms with Gasteiger partial charge in [-0.1, -0.05) is 0 Å². The Labute approximate surface area is 156 Å².